The van der Waals surface area contributed by atoms with Gasteiger partial charge in [0.1, 0.15) is 6.20 Å². The number of benzene rings is 3. The fourth-order valence-electron chi connectivity index (χ4n) is 3.85. The molecule has 0 fully saturated rings. The molecular weight excluding hydrogens is 520 g/mol. The quantitative estimate of drug-likeness (QED) is 0.151. The van der Waals surface area contributed by atoms with Crippen molar-refractivity contribution >= 4 is 28.5 Å². The first-order valence-electron chi connectivity index (χ1n) is 11.6. The number of nitro benzene ring substituents is 1. The molecule has 5 aromatic rings. The largest absolute Gasteiger partial charge is 0.493 e. The average Bonchev–Trinajstić information content (AvgIpc) is 2.97. The lowest BCUT2D eigenvalue weighted by atomic mass is 10.2. The third-order valence-electron chi connectivity index (χ3n) is 5.72. The maximum absolute atomic E-state index is 13.4. The van der Waals surface area contributed by atoms with Crippen molar-refractivity contribution in [1.82, 2.24) is 14.6 Å². The molecule has 0 N–H and O–H groups in total. The number of methoxy groups -OCH3 is 1. The molecule has 40 heavy (non-hydrogen) atoms. The summed E-state index contributed by atoms with van der Waals surface area (Å²) in [5.41, 5.74) is 0.196. The van der Waals surface area contributed by atoms with Crippen LogP contribution >= 0.6 is 0 Å². The zero-order valence-electron chi connectivity index (χ0n) is 20.7. The highest BCUT2D eigenvalue weighted by molar-refractivity contribution is 5.84. The van der Waals surface area contributed by atoms with E-state index in [1.165, 1.54) is 31.5 Å². The summed E-state index contributed by atoms with van der Waals surface area (Å²) in [6, 6.07) is 20.8. The maximum Gasteiger partial charge on any atom is 0.316 e. The van der Waals surface area contributed by atoms with E-state index in [9.17, 15) is 25.0 Å². The van der Waals surface area contributed by atoms with Crippen LogP contribution in [0.2, 0.25) is 0 Å². The van der Waals surface area contributed by atoms with E-state index in [1.807, 2.05) is 6.07 Å². The Kier molecular flexibility index (Phi) is 6.92. The van der Waals surface area contributed by atoms with Gasteiger partial charge in [-0.2, -0.15) is 9.78 Å². The first kappa shape index (κ1) is 25.7. The van der Waals surface area contributed by atoms with Gasteiger partial charge in [0.2, 0.25) is 11.6 Å². The number of hydrogen-bond acceptors (Lipinski definition) is 10. The molecule has 0 spiro atoms. The summed E-state index contributed by atoms with van der Waals surface area (Å²) in [6.45, 7) is 0. The first-order valence-corrected chi connectivity index (χ1v) is 11.6. The maximum atomic E-state index is 13.4. The van der Waals surface area contributed by atoms with Gasteiger partial charge in [-0.25, -0.2) is 9.97 Å². The van der Waals surface area contributed by atoms with Gasteiger partial charge in [-0.1, -0.05) is 42.5 Å². The van der Waals surface area contributed by atoms with Crippen molar-refractivity contribution in [3.8, 4) is 28.8 Å². The summed E-state index contributed by atoms with van der Waals surface area (Å²) in [5.74, 6) is -0.121. The summed E-state index contributed by atoms with van der Waals surface area (Å²) < 4.78 is 12.0. The van der Waals surface area contributed by atoms with Gasteiger partial charge in [0.15, 0.2) is 11.6 Å². The molecule has 0 bridgehead atoms. The molecule has 0 aliphatic carbocycles. The fraction of sp³-hybridized carbons (Fsp3) is 0.0370. The van der Waals surface area contributed by atoms with Crippen LogP contribution in [0.4, 0.5) is 11.4 Å². The Labute approximate surface area is 224 Å². The summed E-state index contributed by atoms with van der Waals surface area (Å²) in [6.07, 6.45) is 2.24. The Morgan fingerprint density at radius 2 is 1.70 bits per heavy atom. The lowest BCUT2D eigenvalue weighted by molar-refractivity contribution is -0.385. The Bertz CT molecular complexity index is 1840. The van der Waals surface area contributed by atoms with E-state index >= 15 is 0 Å². The van der Waals surface area contributed by atoms with Crippen LogP contribution < -0.4 is 15.0 Å². The van der Waals surface area contributed by atoms with Crippen molar-refractivity contribution in [2.75, 3.05) is 7.11 Å². The molecule has 0 saturated heterocycles. The van der Waals surface area contributed by atoms with Crippen molar-refractivity contribution in [2.24, 2.45) is 5.10 Å². The fourth-order valence-corrected chi connectivity index (χ4v) is 3.85. The third kappa shape index (κ3) is 5.06. The molecule has 0 amide bonds. The highest BCUT2D eigenvalue weighted by atomic mass is 16.6. The number of rotatable bonds is 8. The van der Waals surface area contributed by atoms with Crippen LogP contribution in [0.1, 0.15) is 5.56 Å². The van der Waals surface area contributed by atoms with Crippen molar-refractivity contribution in [2.45, 2.75) is 0 Å². The molecule has 0 aliphatic rings. The molecule has 0 unspecified atom stereocenters. The summed E-state index contributed by atoms with van der Waals surface area (Å²) in [5, 5.41) is 27.5. The van der Waals surface area contributed by atoms with E-state index in [0.717, 1.165) is 16.9 Å². The number of ether oxygens (including phenoxy) is 2. The Morgan fingerprint density at radius 1 is 0.950 bits per heavy atom. The van der Waals surface area contributed by atoms with Crippen molar-refractivity contribution in [3.63, 3.8) is 0 Å². The molecule has 0 atom stereocenters. The SMILES string of the molecule is COc1cc(C=Nn2c(-c3ccccc3)nc3ccccc3c2=O)cc([N+](=O)[O-])c1Oc1ccc([N+](=O)[O-])cn1. The minimum Gasteiger partial charge on any atom is -0.493 e. The number of hydrogen-bond donors (Lipinski definition) is 0. The standard InChI is InChI=1S/C27H18N6O7/c1-39-23-14-17(13-22(33(37)38)25(23)40-24-12-11-19(16-28-24)32(35)36)15-29-31-26(18-7-3-2-4-8-18)30-21-10-6-5-9-20(21)27(31)34/h2-16H,1H3. The number of para-hydroxylation sites is 1. The number of nitro groups is 2. The van der Waals surface area contributed by atoms with Gasteiger partial charge in [-0.05, 0) is 18.2 Å². The number of aromatic nitrogens is 3. The van der Waals surface area contributed by atoms with Crippen LogP contribution in [-0.4, -0.2) is 37.8 Å². The normalized spacial score (nSPS) is 11.0. The Balaban J connectivity index is 1.59. The zero-order valence-corrected chi connectivity index (χ0v) is 20.7. The minimum atomic E-state index is -0.681. The van der Waals surface area contributed by atoms with Crippen molar-refractivity contribution in [3.05, 3.63) is 121 Å². The molecule has 5 rings (SSSR count). The van der Waals surface area contributed by atoms with Gasteiger partial charge in [0.25, 0.3) is 11.2 Å². The third-order valence-corrected chi connectivity index (χ3v) is 5.72. The highest BCUT2D eigenvalue weighted by Crippen LogP contribution is 2.40. The van der Waals surface area contributed by atoms with E-state index in [0.29, 0.717) is 16.5 Å². The summed E-state index contributed by atoms with van der Waals surface area (Å²) >= 11 is 0. The topological polar surface area (TPSA) is 165 Å². The highest BCUT2D eigenvalue weighted by Gasteiger charge is 2.24. The monoisotopic (exact) mass is 538 g/mol. The predicted molar refractivity (Wildman–Crippen MR) is 145 cm³/mol. The zero-order chi connectivity index (χ0) is 28.2. The Hall–Kier alpha value is -5.98. The van der Waals surface area contributed by atoms with E-state index < -0.39 is 21.1 Å². The Morgan fingerprint density at radius 3 is 2.38 bits per heavy atom. The summed E-state index contributed by atoms with van der Waals surface area (Å²) in [7, 11) is 1.29. The van der Waals surface area contributed by atoms with Crippen LogP contribution in [0.15, 0.2) is 95.0 Å². The molecule has 0 radical (unpaired) electrons. The van der Waals surface area contributed by atoms with E-state index in [2.05, 4.69) is 15.1 Å². The number of fused-ring (bicyclic) bond motifs is 1. The lowest BCUT2D eigenvalue weighted by Gasteiger charge is -2.11. The van der Waals surface area contributed by atoms with Crippen LogP contribution in [0, 0.1) is 20.2 Å². The number of pyridine rings is 1. The van der Waals surface area contributed by atoms with Gasteiger partial charge in [0.05, 0.1) is 34.1 Å². The van der Waals surface area contributed by atoms with Gasteiger partial charge in [-0.3, -0.25) is 25.0 Å². The van der Waals surface area contributed by atoms with Crippen molar-refractivity contribution in [1.29, 1.82) is 0 Å². The van der Waals surface area contributed by atoms with Gasteiger partial charge >= 0.3 is 5.69 Å². The molecule has 13 heteroatoms. The molecule has 3 aromatic carbocycles. The van der Waals surface area contributed by atoms with Gasteiger partial charge in [0, 0.05) is 29.3 Å². The molecular formula is C27H18N6O7. The predicted octanol–water partition coefficient (Wildman–Crippen LogP) is 4.96. The average molecular weight is 538 g/mol. The molecule has 2 heterocycles. The first-order chi connectivity index (χ1) is 19.4. The van der Waals surface area contributed by atoms with E-state index in [1.54, 1.807) is 48.5 Å². The van der Waals surface area contributed by atoms with E-state index in [4.69, 9.17) is 9.47 Å². The van der Waals surface area contributed by atoms with Gasteiger partial charge < -0.3 is 9.47 Å². The van der Waals surface area contributed by atoms with Crippen LogP contribution in [0.5, 0.6) is 17.4 Å². The second-order valence-electron chi connectivity index (χ2n) is 8.22. The summed E-state index contributed by atoms with van der Waals surface area (Å²) in [4.78, 5) is 43.3. The van der Waals surface area contributed by atoms with Crippen molar-refractivity contribution < 1.29 is 19.3 Å². The second kappa shape index (κ2) is 10.8. The molecule has 0 saturated carbocycles. The van der Waals surface area contributed by atoms with E-state index in [-0.39, 0.29) is 34.5 Å². The molecule has 198 valence electrons. The lowest BCUT2D eigenvalue weighted by Crippen LogP contribution is -2.20. The minimum absolute atomic E-state index is 0.0249. The molecule has 13 nitrogen and oxygen atoms in total. The molecule has 2 aromatic heterocycles. The number of nitrogens with zero attached hydrogens (tertiary/aromatic N) is 6. The smallest absolute Gasteiger partial charge is 0.316 e. The van der Waals surface area contributed by atoms with Gasteiger partial charge in [-0.15, -0.1) is 0 Å². The second-order valence-corrected chi connectivity index (χ2v) is 8.22. The molecule has 0 aliphatic heterocycles. The van der Waals surface area contributed by atoms with Crippen LogP contribution in [0.25, 0.3) is 22.3 Å². The van der Waals surface area contributed by atoms with Crippen LogP contribution in [0.3, 0.4) is 0 Å². The van der Waals surface area contributed by atoms with Crippen LogP contribution in [-0.2, 0) is 0 Å².